The minimum atomic E-state index is -3.07. The molecule has 0 aromatic heterocycles. The van der Waals surface area contributed by atoms with Crippen molar-refractivity contribution in [1.82, 2.24) is 5.32 Å². The predicted octanol–water partition coefficient (Wildman–Crippen LogP) is 1.01. The Labute approximate surface area is 108 Å². The molecule has 0 radical (unpaired) electrons. The van der Waals surface area contributed by atoms with Crippen molar-refractivity contribution in [3.63, 3.8) is 0 Å². The molecule has 5 nitrogen and oxygen atoms in total. The highest BCUT2D eigenvalue weighted by Gasteiger charge is 2.17. The van der Waals surface area contributed by atoms with E-state index in [1.165, 1.54) is 6.26 Å². The quantitative estimate of drug-likeness (QED) is 0.838. The molecule has 0 fully saturated rings. The Hall–Kier alpha value is -1.27. The molecule has 0 saturated heterocycles. The Morgan fingerprint density at radius 3 is 2.00 bits per heavy atom. The molecule has 0 amide bonds. The van der Waals surface area contributed by atoms with Crippen LogP contribution < -0.4 is 14.8 Å². The topological polar surface area (TPSA) is 64.6 Å². The zero-order chi connectivity index (χ0) is 13.8. The van der Waals surface area contributed by atoms with E-state index in [0.717, 1.165) is 5.56 Å². The molecule has 6 heteroatoms. The number of sulfone groups is 1. The van der Waals surface area contributed by atoms with Gasteiger partial charge >= 0.3 is 0 Å². The minimum Gasteiger partial charge on any atom is -0.497 e. The average Bonchev–Trinajstić information content (AvgIpc) is 2.34. The van der Waals surface area contributed by atoms with Crippen molar-refractivity contribution in [3.05, 3.63) is 23.8 Å². The van der Waals surface area contributed by atoms with Crippen molar-refractivity contribution in [3.8, 4) is 11.5 Å². The monoisotopic (exact) mass is 273 g/mol. The molecule has 0 bridgehead atoms. The van der Waals surface area contributed by atoms with Crippen LogP contribution in [0.25, 0.3) is 0 Å². The molecule has 1 atom stereocenters. The van der Waals surface area contributed by atoms with Crippen molar-refractivity contribution in [1.29, 1.82) is 0 Å². The number of ether oxygens (including phenoxy) is 2. The summed E-state index contributed by atoms with van der Waals surface area (Å²) < 4.78 is 33.1. The van der Waals surface area contributed by atoms with Gasteiger partial charge in [0.25, 0.3) is 0 Å². The van der Waals surface area contributed by atoms with Gasteiger partial charge in [0.2, 0.25) is 0 Å². The Morgan fingerprint density at radius 1 is 1.17 bits per heavy atom. The fraction of sp³-hybridized carbons (Fsp3) is 0.500. The van der Waals surface area contributed by atoms with Crippen LogP contribution in [0.1, 0.15) is 11.6 Å². The molecule has 1 aromatic carbocycles. The lowest BCUT2D eigenvalue weighted by molar-refractivity contribution is 0.392. The zero-order valence-electron chi connectivity index (χ0n) is 11.1. The lowest BCUT2D eigenvalue weighted by atomic mass is 10.1. The minimum absolute atomic E-state index is 0.0276. The van der Waals surface area contributed by atoms with E-state index in [4.69, 9.17) is 9.47 Å². The summed E-state index contributed by atoms with van der Waals surface area (Å²) in [4.78, 5) is 0. The summed E-state index contributed by atoms with van der Waals surface area (Å²) in [6.45, 7) is 0. The van der Waals surface area contributed by atoms with E-state index < -0.39 is 9.84 Å². The average molecular weight is 273 g/mol. The van der Waals surface area contributed by atoms with E-state index in [1.54, 1.807) is 39.5 Å². The molecular weight excluding hydrogens is 254 g/mol. The largest absolute Gasteiger partial charge is 0.497 e. The normalized spacial score (nSPS) is 13.1. The lowest BCUT2D eigenvalue weighted by Gasteiger charge is -2.17. The first kappa shape index (κ1) is 14.8. The summed E-state index contributed by atoms with van der Waals surface area (Å²) in [5.41, 5.74) is 0.819. The highest BCUT2D eigenvalue weighted by Crippen LogP contribution is 2.26. The summed E-state index contributed by atoms with van der Waals surface area (Å²) in [6.07, 6.45) is 1.22. The number of benzene rings is 1. The van der Waals surface area contributed by atoms with E-state index in [2.05, 4.69) is 5.32 Å². The maximum atomic E-state index is 11.4. The summed E-state index contributed by atoms with van der Waals surface area (Å²) in [7, 11) is 1.78. The second-order valence-electron chi connectivity index (χ2n) is 4.08. The summed E-state index contributed by atoms with van der Waals surface area (Å²) >= 11 is 0. The van der Waals surface area contributed by atoms with Crippen molar-refractivity contribution in [2.45, 2.75) is 6.04 Å². The van der Waals surface area contributed by atoms with E-state index >= 15 is 0 Å². The first-order valence-electron chi connectivity index (χ1n) is 5.47. The highest BCUT2D eigenvalue weighted by molar-refractivity contribution is 7.90. The number of hydrogen-bond acceptors (Lipinski definition) is 5. The Morgan fingerprint density at radius 2 is 1.67 bits per heavy atom. The molecule has 0 heterocycles. The molecule has 0 aliphatic rings. The number of nitrogens with one attached hydrogen (secondary N) is 1. The summed E-state index contributed by atoms with van der Waals surface area (Å²) in [5.74, 6) is 1.30. The van der Waals surface area contributed by atoms with E-state index in [0.29, 0.717) is 11.5 Å². The van der Waals surface area contributed by atoms with Crippen LogP contribution in [0.3, 0.4) is 0 Å². The molecule has 1 unspecified atom stereocenters. The lowest BCUT2D eigenvalue weighted by Crippen LogP contribution is -2.24. The second kappa shape index (κ2) is 6.06. The standard InChI is InChI=1S/C12H19NO4S/c1-13-12(8-18(4,14)15)9-5-10(16-2)7-11(6-9)17-3/h5-7,12-13H,8H2,1-4H3. The van der Waals surface area contributed by atoms with E-state index in [1.807, 2.05) is 0 Å². The van der Waals surface area contributed by atoms with E-state index in [9.17, 15) is 8.42 Å². The van der Waals surface area contributed by atoms with Gasteiger partial charge in [-0.15, -0.1) is 0 Å². The van der Waals surface area contributed by atoms with Gasteiger partial charge in [-0.2, -0.15) is 0 Å². The fourth-order valence-electron chi connectivity index (χ4n) is 1.68. The van der Waals surface area contributed by atoms with Crippen molar-refractivity contribution in [2.24, 2.45) is 0 Å². The Kier molecular flexibility index (Phi) is 4.98. The van der Waals surface area contributed by atoms with Crippen LogP contribution in [0.2, 0.25) is 0 Å². The van der Waals surface area contributed by atoms with Crippen molar-refractivity contribution < 1.29 is 17.9 Å². The van der Waals surface area contributed by atoms with Crippen LogP contribution in [-0.4, -0.2) is 41.7 Å². The molecule has 0 aliphatic heterocycles. The first-order chi connectivity index (χ1) is 8.39. The van der Waals surface area contributed by atoms with Crippen LogP contribution in [0.15, 0.2) is 18.2 Å². The fourth-order valence-corrected chi connectivity index (χ4v) is 2.64. The van der Waals surface area contributed by atoms with Gasteiger partial charge in [0.1, 0.15) is 21.3 Å². The molecule has 0 aliphatic carbocycles. The smallest absolute Gasteiger partial charge is 0.149 e. The number of hydrogen-bond donors (Lipinski definition) is 1. The molecule has 1 rings (SSSR count). The molecule has 18 heavy (non-hydrogen) atoms. The summed E-state index contributed by atoms with van der Waals surface area (Å²) in [5, 5.41) is 2.99. The third kappa shape index (κ3) is 4.19. The molecule has 1 aromatic rings. The molecule has 0 saturated carbocycles. The van der Waals surface area contributed by atoms with Crippen LogP contribution in [-0.2, 0) is 9.84 Å². The maximum absolute atomic E-state index is 11.4. The van der Waals surface area contributed by atoms with Crippen molar-refractivity contribution in [2.75, 3.05) is 33.3 Å². The van der Waals surface area contributed by atoms with Gasteiger partial charge in [0.05, 0.1) is 20.0 Å². The molecule has 102 valence electrons. The maximum Gasteiger partial charge on any atom is 0.149 e. The molecule has 1 N–H and O–H groups in total. The van der Waals surface area contributed by atoms with Crippen LogP contribution >= 0.6 is 0 Å². The third-order valence-corrected chi connectivity index (χ3v) is 3.53. The van der Waals surface area contributed by atoms with Crippen LogP contribution in [0, 0.1) is 0 Å². The summed E-state index contributed by atoms with van der Waals surface area (Å²) in [6, 6.07) is 5.06. The zero-order valence-corrected chi connectivity index (χ0v) is 11.9. The van der Waals surface area contributed by atoms with Gasteiger partial charge < -0.3 is 14.8 Å². The van der Waals surface area contributed by atoms with Gasteiger partial charge in [0.15, 0.2) is 0 Å². The second-order valence-corrected chi connectivity index (χ2v) is 6.26. The van der Waals surface area contributed by atoms with Gasteiger partial charge in [0, 0.05) is 18.4 Å². The molecule has 0 spiro atoms. The Balaban J connectivity index is 3.12. The van der Waals surface area contributed by atoms with Crippen LogP contribution in [0.5, 0.6) is 11.5 Å². The van der Waals surface area contributed by atoms with Gasteiger partial charge in [-0.05, 0) is 24.7 Å². The number of methoxy groups -OCH3 is 2. The third-order valence-electron chi connectivity index (χ3n) is 2.59. The highest BCUT2D eigenvalue weighted by atomic mass is 32.2. The molecular formula is C12H19NO4S. The first-order valence-corrected chi connectivity index (χ1v) is 7.53. The van der Waals surface area contributed by atoms with Gasteiger partial charge in [-0.1, -0.05) is 0 Å². The predicted molar refractivity (Wildman–Crippen MR) is 71.1 cm³/mol. The van der Waals surface area contributed by atoms with Gasteiger partial charge in [-0.3, -0.25) is 0 Å². The SMILES string of the molecule is CNC(CS(C)(=O)=O)c1cc(OC)cc(OC)c1. The Bertz CT molecular complexity index is 477. The van der Waals surface area contributed by atoms with Gasteiger partial charge in [-0.25, -0.2) is 8.42 Å². The van der Waals surface area contributed by atoms with Crippen LogP contribution in [0.4, 0.5) is 0 Å². The number of rotatable bonds is 6. The van der Waals surface area contributed by atoms with Crippen molar-refractivity contribution >= 4 is 9.84 Å². The van der Waals surface area contributed by atoms with E-state index in [-0.39, 0.29) is 11.8 Å².